The Morgan fingerprint density at radius 2 is 2.32 bits per heavy atom. The molecule has 0 radical (unpaired) electrons. The highest BCUT2D eigenvalue weighted by Crippen LogP contribution is 2.23. The lowest BCUT2D eigenvalue weighted by Crippen LogP contribution is -2.32. The highest BCUT2D eigenvalue weighted by molar-refractivity contribution is 6.10. The molecule has 0 aromatic heterocycles. The lowest BCUT2D eigenvalue weighted by Gasteiger charge is -2.23. The normalized spacial score (nSPS) is 20.4. The number of allylic oxidation sites excluding steroid dienone is 1. The zero-order valence-electron chi connectivity index (χ0n) is 14.3. The summed E-state index contributed by atoms with van der Waals surface area (Å²) in [6.07, 6.45) is 4.30. The van der Waals surface area contributed by atoms with Gasteiger partial charge >= 0.3 is 0 Å². The first-order valence-electron chi connectivity index (χ1n) is 8.47. The molecule has 1 fully saturated rings. The second kappa shape index (κ2) is 8.69. The van der Waals surface area contributed by atoms with Gasteiger partial charge in [-0.1, -0.05) is 12.7 Å². The van der Waals surface area contributed by atoms with Crippen LogP contribution >= 0.6 is 0 Å². The minimum Gasteiger partial charge on any atom is -0.490 e. The third kappa shape index (κ3) is 4.84. The Balaban J connectivity index is 1.64. The maximum Gasteiger partial charge on any atom is 0.186 e. The second-order valence-corrected chi connectivity index (χ2v) is 5.86. The van der Waals surface area contributed by atoms with Crippen molar-refractivity contribution >= 4 is 5.71 Å². The average Bonchev–Trinajstić information content (AvgIpc) is 2.65. The van der Waals surface area contributed by atoms with Crippen molar-refractivity contribution in [2.45, 2.75) is 12.5 Å². The second-order valence-electron chi connectivity index (χ2n) is 5.86. The van der Waals surface area contributed by atoms with Crippen molar-refractivity contribution in [3.8, 4) is 5.75 Å². The van der Waals surface area contributed by atoms with Crippen molar-refractivity contribution in [3.05, 3.63) is 53.9 Å². The lowest BCUT2D eigenvalue weighted by atomic mass is 9.97. The van der Waals surface area contributed by atoms with Crippen LogP contribution in [0.5, 0.6) is 5.75 Å². The van der Waals surface area contributed by atoms with Gasteiger partial charge in [0.15, 0.2) is 5.88 Å². The van der Waals surface area contributed by atoms with E-state index in [4.69, 9.17) is 24.7 Å². The van der Waals surface area contributed by atoms with Gasteiger partial charge < -0.3 is 24.7 Å². The van der Waals surface area contributed by atoms with Crippen LogP contribution in [0.15, 0.2) is 47.8 Å². The van der Waals surface area contributed by atoms with Crippen molar-refractivity contribution < 1.29 is 18.9 Å². The zero-order chi connectivity index (χ0) is 17.5. The van der Waals surface area contributed by atoms with Crippen LogP contribution in [0, 0.1) is 0 Å². The van der Waals surface area contributed by atoms with Gasteiger partial charge in [-0.15, -0.1) is 0 Å². The fourth-order valence-corrected chi connectivity index (χ4v) is 2.78. The number of hydrogen-bond donors (Lipinski definition) is 1. The Hall–Kier alpha value is -2.31. The van der Waals surface area contributed by atoms with Gasteiger partial charge in [0.05, 0.1) is 25.5 Å². The minimum atomic E-state index is -0.0779. The van der Waals surface area contributed by atoms with Crippen LogP contribution in [0.4, 0.5) is 0 Å². The van der Waals surface area contributed by atoms with E-state index in [2.05, 4.69) is 11.6 Å². The Bertz CT molecular complexity index is 663. The Labute approximate surface area is 147 Å². The van der Waals surface area contributed by atoms with Crippen LogP contribution in [0.25, 0.3) is 0 Å². The molecule has 6 nitrogen and oxygen atoms in total. The van der Waals surface area contributed by atoms with Gasteiger partial charge in [0.1, 0.15) is 25.1 Å². The standard InChI is InChI=1S/C19H24N2O4/c1-2-7-23-15-3-4-17-14(10-15)5-6-21-18(17)11-19(20)25-13-16-12-22-8-9-24-16/h2-4,10-11,16H,1,5-9,12-13,20H2/b19-11+. The fraction of sp³-hybridized carbons (Fsp3) is 0.421. The summed E-state index contributed by atoms with van der Waals surface area (Å²) < 4.78 is 22.1. The molecular weight excluding hydrogens is 320 g/mol. The number of ether oxygens (including phenoxy) is 4. The molecule has 0 spiro atoms. The summed E-state index contributed by atoms with van der Waals surface area (Å²) in [7, 11) is 0. The van der Waals surface area contributed by atoms with E-state index < -0.39 is 0 Å². The highest BCUT2D eigenvalue weighted by Gasteiger charge is 2.17. The van der Waals surface area contributed by atoms with Crippen molar-refractivity contribution in [2.75, 3.05) is 39.6 Å². The maximum absolute atomic E-state index is 6.00. The first-order chi connectivity index (χ1) is 12.3. The third-order valence-electron chi connectivity index (χ3n) is 3.98. The topological polar surface area (TPSA) is 75.3 Å². The molecule has 134 valence electrons. The summed E-state index contributed by atoms with van der Waals surface area (Å²) in [5.41, 5.74) is 9.08. The van der Waals surface area contributed by atoms with E-state index in [0.717, 1.165) is 30.0 Å². The molecule has 1 unspecified atom stereocenters. The van der Waals surface area contributed by atoms with Gasteiger partial charge in [0.25, 0.3) is 0 Å². The molecule has 1 saturated heterocycles. The van der Waals surface area contributed by atoms with Gasteiger partial charge in [-0.25, -0.2) is 0 Å². The molecule has 0 bridgehead atoms. The lowest BCUT2D eigenvalue weighted by molar-refractivity contribution is -0.108. The summed E-state index contributed by atoms with van der Waals surface area (Å²) in [6, 6.07) is 5.99. The van der Waals surface area contributed by atoms with Crippen molar-refractivity contribution in [1.29, 1.82) is 0 Å². The van der Waals surface area contributed by atoms with Crippen molar-refractivity contribution in [2.24, 2.45) is 10.7 Å². The summed E-state index contributed by atoms with van der Waals surface area (Å²) in [4.78, 5) is 4.56. The molecular formula is C19H24N2O4. The number of nitrogens with zero attached hydrogens (tertiary/aromatic N) is 1. The molecule has 1 atom stereocenters. The quantitative estimate of drug-likeness (QED) is 0.603. The number of aliphatic imine (C=N–C) groups is 1. The molecule has 0 saturated carbocycles. The smallest absolute Gasteiger partial charge is 0.186 e. The summed E-state index contributed by atoms with van der Waals surface area (Å²) in [5.74, 6) is 1.16. The number of nitrogens with two attached hydrogens (primary N) is 1. The Morgan fingerprint density at radius 1 is 1.40 bits per heavy atom. The summed E-state index contributed by atoms with van der Waals surface area (Å²) >= 11 is 0. The van der Waals surface area contributed by atoms with Crippen LogP contribution in [0.2, 0.25) is 0 Å². The molecule has 0 amide bonds. The predicted molar refractivity (Wildman–Crippen MR) is 96.0 cm³/mol. The maximum atomic E-state index is 6.00. The van der Waals surface area contributed by atoms with Crippen LogP contribution < -0.4 is 10.5 Å². The highest BCUT2D eigenvalue weighted by atomic mass is 16.6. The zero-order valence-corrected chi connectivity index (χ0v) is 14.3. The number of hydrogen-bond acceptors (Lipinski definition) is 6. The van der Waals surface area contributed by atoms with Crippen molar-refractivity contribution in [3.63, 3.8) is 0 Å². The molecule has 3 rings (SSSR count). The molecule has 0 aliphatic carbocycles. The molecule has 2 aliphatic rings. The van der Waals surface area contributed by atoms with Crippen LogP contribution in [0.1, 0.15) is 11.1 Å². The van der Waals surface area contributed by atoms with E-state index in [1.54, 1.807) is 12.2 Å². The van der Waals surface area contributed by atoms with Gasteiger partial charge in [0, 0.05) is 18.2 Å². The largest absolute Gasteiger partial charge is 0.490 e. The Morgan fingerprint density at radius 3 is 3.12 bits per heavy atom. The van der Waals surface area contributed by atoms with Crippen LogP contribution in [-0.4, -0.2) is 51.4 Å². The molecule has 1 aromatic rings. The van der Waals surface area contributed by atoms with E-state index >= 15 is 0 Å². The molecule has 2 aliphatic heterocycles. The first kappa shape index (κ1) is 17.5. The minimum absolute atomic E-state index is 0.0779. The van der Waals surface area contributed by atoms with E-state index in [9.17, 15) is 0 Å². The molecule has 1 aromatic carbocycles. The van der Waals surface area contributed by atoms with Crippen molar-refractivity contribution in [1.82, 2.24) is 0 Å². The van der Waals surface area contributed by atoms with E-state index in [1.165, 1.54) is 5.56 Å². The SMILES string of the molecule is C=CCOc1ccc2c(c1)CCN=C2/C=C(\N)OCC1COCCO1. The summed E-state index contributed by atoms with van der Waals surface area (Å²) in [5, 5.41) is 0. The number of fused-ring (bicyclic) bond motifs is 1. The van der Waals surface area contributed by atoms with E-state index in [-0.39, 0.29) is 6.10 Å². The van der Waals surface area contributed by atoms with E-state index in [0.29, 0.717) is 38.9 Å². The number of rotatable bonds is 7. The third-order valence-corrected chi connectivity index (χ3v) is 3.98. The summed E-state index contributed by atoms with van der Waals surface area (Å²) in [6.45, 7) is 7.00. The van der Waals surface area contributed by atoms with Crippen LogP contribution in [0.3, 0.4) is 0 Å². The first-order valence-corrected chi connectivity index (χ1v) is 8.47. The predicted octanol–water partition coefficient (Wildman–Crippen LogP) is 1.83. The number of benzene rings is 1. The van der Waals surface area contributed by atoms with Gasteiger partial charge in [-0.2, -0.15) is 0 Å². The fourth-order valence-electron chi connectivity index (χ4n) is 2.78. The molecule has 2 heterocycles. The monoisotopic (exact) mass is 344 g/mol. The van der Waals surface area contributed by atoms with Gasteiger partial charge in [0.2, 0.25) is 0 Å². The Kier molecular flexibility index (Phi) is 6.09. The van der Waals surface area contributed by atoms with Crippen LogP contribution in [-0.2, 0) is 20.6 Å². The average molecular weight is 344 g/mol. The van der Waals surface area contributed by atoms with Gasteiger partial charge in [-0.3, -0.25) is 4.99 Å². The molecule has 25 heavy (non-hydrogen) atoms. The van der Waals surface area contributed by atoms with Gasteiger partial charge in [-0.05, 0) is 30.2 Å². The van der Waals surface area contributed by atoms with E-state index in [1.807, 2.05) is 18.2 Å². The molecule has 6 heteroatoms. The molecule has 2 N–H and O–H groups in total.